The van der Waals surface area contributed by atoms with Crippen LogP contribution in [0.2, 0.25) is 0 Å². The molecule has 9 heteroatoms. The van der Waals surface area contributed by atoms with Gasteiger partial charge in [-0.2, -0.15) is 0 Å². The van der Waals surface area contributed by atoms with Gasteiger partial charge in [0, 0.05) is 25.7 Å². The molecule has 188 valence electrons. The SMILES string of the molecule is Cn1cnnc1-c1c(-c2ccccc2)ccc(F)c1-c1nc2cc(CNCC3(O)CCC3)cc(F)c2o1. The normalized spacial score (nSPS) is 14.7. The molecular formula is C28H25F2N5O2. The third-order valence-electron chi connectivity index (χ3n) is 6.96. The Morgan fingerprint density at radius 3 is 2.57 bits per heavy atom. The second-order valence-corrected chi connectivity index (χ2v) is 9.60. The standard InChI is InChI=1S/C28H25F2N5O2/c1-35-16-32-34-26(35)23-19(18-6-3-2-4-7-18)8-9-20(29)24(23)27-33-22-13-17(12-21(30)25(22)37-27)14-31-15-28(36)10-5-11-28/h2-4,6-9,12-13,16,31,36H,5,10-11,14-15H2,1H3. The minimum Gasteiger partial charge on any atom is -0.433 e. The Labute approximate surface area is 211 Å². The molecule has 6 rings (SSSR count). The van der Waals surface area contributed by atoms with Crippen molar-refractivity contribution in [2.45, 2.75) is 31.4 Å². The number of fused-ring (bicyclic) bond motifs is 1. The molecule has 5 aromatic rings. The number of aromatic nitrogens is 4. The van der Waals surface area contributed by atoms with E-state index in [1.807, 2.05) is 30.3 Å². The molecule has 2 aromatic heterocycles. The topological polar surface area (TPSA) is 89.0 Å². The lowest BCUT2D eigenvalue weighted by Gasteiger charge is -2.36. The van der Waals surface area contributed by atoms with Gasteiger partial charge in [0.25, 0.3) is 0 Å². The minimum atomic E-state index is -0.679. The third-order valence-corrected chi connectivity index (χ3v) is 6.96. The summed E-state index contributed by atoms with van der Waals surface area (Å²) in [6, 6.07) is 15.6. The summed E-state index contributed by atoms with van der Waals surface area (Å²) in [7, 11) is 1.77. The number of rotatable bonds is 7. The monoisotopic (exact) mass is 501 g/mol. The first-order chi connectivity index (χ1) is 17.9. The minimum absolute atomic E-state index is 0.0453. The summed E-state index contributed by atoms with van der Waals surface area (Å²) in [4.78, 5) is 4.50. The highest BCUT2D eigenvalue weighted by Gasteiger charge is 2.33. The maximum atomic E-state index is 15.5. The highest BCUT2D eigenvalue weighted by atomic mass is 19.1. The molecular weight excluding hydrogens is 476 g/mol. The van der Waals surface area contributed by atoms with Gasteiger partial charge in [0.1, 0.15) is 17.7 Å². The van der Waals surface area contributed by atoms with E-state index in [-0.39, 0.29) is 22.6 Å². The van der Waals surface area contributed by atoms with Gasteiger partial charge in [-0.1, -0.05) is 36.4 Å². The lowest BCUT2D eigenvalue weighted by molar-refractivity contribution is -0.0314. The molecule has 0 saturated heterocycles. The first-order valence-corrected chi connectivity index (χ1v) is 12.2. The molecule has 1 aliphatic carbocycles. The van der Waals surface area contributed by atoms with Gasteiger partial charge in [0.2, 0.25) is 5.89 Å². The van der Waals surface area contributed by atoms with E-state index >= 15 is 8.78 Å². The van der Waals surface area contributed by atoms with E-state index in [0.29, 0.717) is 30.0 Å². The van der Waals surface area contributed by atoms with Gasteiger partial charge in [0.05, 0.1) is 11.2 Å². The molecule has 0 bridgehead atoms. The molecule has 1 saturated carbocycles. The van der Waals surface area contributed by atoms with E-state index in [2.05, 4.69) is 20.5 Å². The van der Waals surface area contributed by atoms with Crippen molar-refractivity contribution in [1.82, 2.24) is 25.1 Å². The second kappa shape index (κ2) is 9.17. The Kier molecular flexibility index (Phi) is 5.81. The van der Waals surface area contributed by atoms with Crippen LogP contribution in [-0.2, 0) is 13.6 Å². The van der Waals surface area contributed by atoms with Gasteiger partial charge >= 0.3 is 0 Å². The number of nitrogens with one attached hydrogen (secondary N) is 1. The van der Waals surface area contributed by atoms with Crippen LogP contribution < -0.4 is 5.32 Å². The molecule has 0 atom stereocenters. The Morgan fingerprint density at radius 1 is 1.05 bits per heavy atom. The zero-order chi connectivity index (χ0) is 25.6. The van der Waals surface area contributed by atoms with Gasteiger partial charge < -0.3 is 19.4 Å². The number of benzene rings is 3. The van der Waals surface area contributed by atoms with Crippen LogP contribution in [0, 0.1) is 11.6 Å². The molecule has 0 radical (unpaired) electrons. The largest absolute Gasteiger partial charge is 0.433 e. The van der Waals surface area contributed by atoms with Crippen molar-refractivity contribution >= 4 is 11.1 Å². The lowest BCUT2D eigenvalue weighted by Crippen LogP contribution is -2.45. The zero-order valence-corrected chi connectivity index (χ0v) is 20.2. The Balaban J connectivity index is 1.45. The summed E-state index contributed by atoms with van der Waals surface area (Å²) < 4.78 is 38.1. The Morgan fingerprint density at radius 2 is 1.86 bits per heavy atom. The van der Waals surface area contributed by atoms with Crippen LogP contribution in [0.3, 0.4) is 0 Å². The van der Waals surface area contributed by atoms with Gasteiger partial charge in [-0.25, -0.2) is 13.8 Å². The van der Waals surface area contributed by atoms with E-state index in [0.717, 1.165) is 30.4 Å². The number of halogens is 2. The quantitative estimate of drug-likeness (QED) is 0.317. The molecule has 3 aromatic carbocycles. The predicted molar refractivity (Wildman–Crippen MR) is 135 cm³/mol. The van der Waals surface area contributed by atoms with Crippen molar-refractivity contribution in [3.8, 4) is 34.0 Å². The Hall–Kier alpha value is -3.95. The molecule has 1 aliphatic rings. The van der Waals surface area contributed by atoms with Gasteiger partial charge in [-0.3, -0.25) is 0 Å². The second-order valence-electron chi connectivity index (χ2n) is 9.60. The number of hydrogen-bond acceptors (Lipinski definition) is 6. The van der Waals surface area contributed by atoms with Crippen molar-refractivity contribution in [3.05, 3.63) is 78.1 Å². The highest BCUT2D eigenvalue weighted by Crippen LogP contribution is 2.41. The fraction of sp³-hybridized carbons (Fsp3) is 0.250. The lowest BCUT2D eigenvalue weighted by atomic mass is 9.80. The Bertz CT molecular complexity index is 1590. The number of hydrogen-bond donors (Lipinski definition) is 2. The summed E-state index contributed by atoms with van der Waals surface area (Å²) in [5.74, 6) is -0.776. The summed E-state index contributed by atoms with van der Waals surface area (Å²) in [5, 5.41) is 21.7. The van der Waals surface area contributed by atoms with Crippen LogP contribution >= 0.6 is 0 Å². The van der Waals surface area contributed by atoms with Crippen molar-refractivity contribution < 1.29 is 18.3 Å². The van der Waals surface area contributed by atoms with Crippen molar-refractivity contribution in [3.63, 3.8) is 0 Å². The maximum Gasteiger partial charge on any atom is 0.231 e. The molecule has 2 heterocycles. The van der Waals surface area contributed by atoms with E-state index < -0.39 is 17.2 Å². The molecule has 0 amide bonds. The fourth-order valence-electron chi connectivity index (χ4n) is 4.84. The molecule has 0 unspecified atom stereocenters. The average Bonchev–Trinajstić information content (AvgIpc) is 3.49. The summed E-state index contributed by atoms with van der Waals surface area (Å²) in [5.41, 5.74) is 2.31. The van der Waals surface area contributed by atoms with Crippen LogP contribution in [0.25, 0.3) is 45.1 Å². The van der Waals surface area contributed by atoms with Gasteiger partial charge in [-0.05, 0) is 54.2 Å². The van der Waals surface area contributed by atoms with Crippen LogP contribution in [0.15, 0.2) is 65.3 Å². The van der Waals surface area contributed by atoms with Crippen LogP contribution in [0.4, 0.5) is 8.78 Å². The van der Waals surface area contributed by atoms with Crippen molar-refractivity contribution in [1.29, 1.82) is 0 Å². The molecule has 0 aliphatic heterocycles. The highest BCUT2D eigenvalue weighted by molar-refractivity contribution is 5.92. The summed E-state index contributed by atoms with van der Waals surface area (Å²) in [6.07, 6.45) is 4.08. The van der Waals surface area contributed by atoms with E-state index in [1.165, 1.54) is 18.5 Å². The number of nitrogens with zero attached hydrogens (tertiary/aromatic N) is 4. The smallest absolute Gasteiger partial charge is 0.231 e. The summed E-state index contributed by atoms with van der Waals surface area (Å²) >= 11 is 0. The van der Waals surface area contributed by atoms with Crippen LogP contribution in [-0.4, -0.2) is 37.0 Å². The predicted octanol–water partition coefficient (Wildman–Crippen LogP) is 5.24. The van der Waals surface area contributed by atoms with Crippen LogP contribution in [0.5, 0.6) is 0 Å². The fourth-order valence-corrected chi connectivity index (χ4v) is 4.84. The third kappa shape index (κ3) is 4.30. The van der Waals surface area contributed by atoms with E-state index in [1.54, 1.807) is 23.7 Å². The van der Waals surface area contributed by atoms with Gasteiger partial charge in [0.15, 0.2) is 17.2 Å². The first kappa shape index (κ1) is 23.4. The molecule has 1 fully saturated rings. The number of oxazole rings is 1. The number of aliphatic hydroxyl groups is 1. The van der Waals surface area contributed by atoms with Gasteiger partial charge in [-0.15, -0.1) is 10.2 Å². The first-order valence-electron chi connectivity index (χ1n) is 12.2. The van der Waals surface area contributed by atoms with Crippen molar-refractivity contribution in [2.75, 3.05) is 6.54 Å². The zero-order valence-electron chi connectivity index (χ0n) is 20.2. The summed E-state index contributed by atoms with van der Waals surface area (Å²) in [6.45, 7) is 0.800. The van der Waals surface area contributed by atoms with E-state index in [4.69, 9.17) is 4.42 Å². The molecule has 0 spiro atoms. The van der Waals surface area contributed by atoms with Crippen molar-refractivity contribution in [2.24, 2.45) is 7.05 Å². The van der Waals surface area contributed by atoms with Crippen LogP contribution in [0.1, 0.15) is 24.8 Å². The average molecular weight is 502 g/mol. The van der Waals surface area contributed by atoms with E-state index in [9.17, 15) is 5.11 Å². The maximum absolute atomic E-state index is 15.5. The molecule has 7 nitrogen and oxygen atoms in total. The molecule has 37 heavy (non-hydrogen) atoms. The number of aryl methyl sites for hydroxylation is 1. The molecule has 2 N–H and O–H groups in total.